The van der Waals surface area contributed by atoms with Crippen LogP contribution in [0.3, 0.4) is 0 Å². The lowest BCUT2D eigenvalue weighted by Crippen LogP contribution is -2.40. The summed E-state index contributed by atoms with van der Waals surface area (Å²) in [5.74, 6) is 1.82. The van der Waals surface area contributed by atoms with Crippen LogP contribution in [0, 0.1) is 0 Å². The van der Waals surface area contributed by atoms with E-state index in [-0.39, 0.29) is 11.9 Å². The van der Waals surface area contributed by atoms with Gasteiger partial charge in [0.15, 0.2) is 0 Å². The van der Waals surface area contributed by atoms with Crippen LogP contribution < -0.4 is 10.2 Å². The van der Waals surface area contributed by atoms with E-state index in [1.54, 1.807) is 18.4 Å². The summed E-state index contributed by atoms with van der Waals surface area (Å²) in [6, 6.07) is 21.0. The van der Waals surface area contributed by atoms with E-state index in [4.69, 9.17) is 9.15 Å². The molecule has 2 aromatic carbocycles. The molecule has 1 amide bonds. The van der Waals surface area contributed by atoms with Gasteiger partial charge in [0.2, 0.25) is 0 Å². The van der Waals surface area contributed by atoms with Crippen molar-refractivity contribution in [2.75, 3.05) is 12.9 Å². The Morgan fingerprint density at radius 3 is 2.57 bits per heavy atom. The van der Waals surface area contributed by atoms with Crippen molar-refractivity contribution in [2.45, 2.75) is 10.9 Å². The maximum Gasteiger partial charge on any atom is 0.252 e. The second-order valence-electron chi connectivity index (χ2n) is 6.25. The van der Waals surface area contributed by atoms with Crippen molar-refractivity contribution in [3.05, 3.63) is 90.4 Å². The van der Waals surface area contributed by atoms with Crippen molar-refractivity contribution in [1.82, 2.24) is 10.4 Å². The number of carbonyl (C=O) groups is 1. The molecule has 0 saturated heterocycles. The highest BCUT2D eigenvalue weighted by Crippen LogP contribution is 2.33. The summed E-state index contributed by atoms with van der Waals surface area (Å²) in [6.07, 6.45) is 3.63. The molecular formula is C22H20N2O3S. The van der Waals surface area contributed by atoms with E-state index in [2.05, 4.69) is 5.43 Å². The van der Waals surface area contributed by atoms with Crippen LogP contribution >= 0.6 is 11.8 Å². The Labute approximate surface area is 168 Å². The molecule has 28 heavy (non-hydrogen) atoms. The molecule has 0 radical (unpaired) electrons. The predicted molar refractivity (Wildman–Crippen MR) is 110 cm³/mol. The van der Waals surface area contributed by atoms with Crippen molar-refractivity contribution >= 4 is 23.4 Å². The molecule has 0 bridgehead atoms. The highest BCUT2D eigenvalue weighted by Gasteiger charge is 2.32. The highest BCUT2D eigenvalue weighted by atomic mass is 32.2. The Morgan fingerprint density at radius 1 is 1.11 bits per heavy atom. The number of hydrogen-bond acceptors (Lipinski definition) is 5. The second kappa shape index (κ2) is 8.27. The van der Waals surface area contributed by atoms with Gasteiger partial charge < -0.3 is 9.15 Å². The zero-order valence-corrected chi connectivity index (χ0v) is 16.2. The molecule has 1 atom stereocenters. The Balaban J connectivity index is 1.53. The average Bonchev–Trinajstić information content (AvgIpc) is 3.42. The summed E-state index contributed by atoms with van der Waals surface area (Å²) in [4.78, 5) is 14.0. The van der Waals surface area contributed by atoms with E-state index in [1.165, 1.54) is 11.8 Å². The van der Waals surface area contributed by atoms with E-state index in [9.17, 15) is 4.79 Å². The van der Waals surface area contributed by atoms with Crippen molar-refractivity contribution in [3.8, 4) is 5.75 Å². The molecule has 4 rings (SSSR count). The Bertz CT molecular complexity index is 953. The summed E-state index contributed by atoms with van der Waals surface area (Å²) in [6.45, 7) is 0. The second-order valence-corrected chi connectivity index (χ2v) is 7.30. The number of thioether (sulfide) groups is 1. The fourth-order valence-electron chi connectivity index (χ4n) is 3.02. The predicted octanol–water partition coefficient (Wildman–Crippen LogP) is 4.51. The molecule has 2 heterocycles. The number of hydrogen-bond donors (Lipinski definition) is 1. The van der Waals surface area contributed by atoms with Crippen molar-refractivity contribution in [3.63, 3.8) is 0 Å². The summed E-state index contributed by atoms with van der Waals surface area (Å²) >= 11 is 1.52. The van der Waals surface area contributed by atoms with Crippen molar-refractivity contribution in [1.29, 1.82) is 0 Å². The Kier molecular flexibility index (Phi) is 5.39. The van der Waals surface area contributed by atoms with E-state index < -0.39 is 0 Å². The molecule has 5 nitrogen and oxygen atoms in total. The smallest absolute Gasteiger partial charge is 0.252 e. The number of methoxy groups -OCH3 is 1. The van der Waals surface area contributed by atoms with Gasteiger partial charge in [0.25, 0.3) is 5.91 Å². The third-order valence-corrected chi connectivity index (χ3v) is 5.45. The standard InChI is InChI=1S/C22H20N2O3S/c1-26-17-11-9-16(10-12-17)19-14-20(21-8-5-13-27-21)24(23-19)22(25)15-28-18-6-3-2-4-7-18/h2-14,20,23H,15H2,1H3/t20-/m0/s1. The van der Waals surface area contributed by atoms with Crippen LogP contribution in [0.25, 0.3) is 5.70 Å². The maximum atomic E-state index is 12.9. The maximum absolute atomic E-state index is 12.9. The van der Waals surface area contributed by atoms with E-state index in [0.717, 1.165) is 21.9 Å². The third kappa shape index (κ3) is 3.92. The molecule has 0 saturated carbocycles. The van der Waals surface area contributed by atoms with E-state index in [1.807, 2.05) is 72.8 Å². The van der Waals surface area contributed by atoms with Crippen molar-refractivity contribution < 1.29 is 13.9 Å². The topological polar surface area (TPSA) is 54.7 Å². The van der Waals surface area contributed by atoms with Crippen molar-refractivity contribution in [2.24, 2.45) is 0 Å². The molecular weight excluding hydrogens is 372 g/mol. The van der Waals surface area contributed by atoms with Gasteiger partial charge in [0, 0.05) is 4.90 Å². The Hall–Kier alpha value is -3.12. The normalized spacial score (nSPS) is 15.8. The monoisotopic (exact) mass is 392 g/mol. The van der Waals surface area contributed by atoms with Crippen LogP contribution in [0.4, 0.5) is 0 Å². The lowest BCUT2D eigenvalue weighted by Gasteiger charge is -2.24. The zero-order valence-electron chi connectivity index (χ0n) is 15.4. The first-order chi connectivity index (χ1) is 13.7. The van der Waals surface area contributed by atoms with Gasteiger partial charge in [-0.05, 0) is 60.2 Å². The number of benzene rings is 2. The number of furan rings is 1. The van der Waals surface area contributed by atoms with Gasteiger partial charge in [0.05, 0.1) is 24.8 Å². The van der Waals surface area contributed by atoms with E-state index >= 15 is 0 Å². The molecule has 0 unspecified atom stereocenters. The first kappa shape index (κ1) is 18.3. The molecule has 0 spiro atoms. The van der Waals surface area contributed by atoms with Crippen LogP contribution in [0.15, 0.2) is 88.4 Å². The zero-order chi connectivity index (χ0) is 19.3. The number of amides is 1. The highest BCUT2D eigenvalue weighted by molar-refractivity contribution is 8.00. The minimum atomic E-state index is -0.295. The van der Waals surface area contributed by atoms with Gasteiger partial charge in [-0.1, -0.05) is 18.2 Å². The molecule has 1 aromatic heterocycles. The SMILES string of the molecule is COc1ccc(C2=C[C@@H](c3ccco3)N(C(=O)CSc3ccccc3)N2)cc1. The largest absolute Gasteiger partial charge is 0.497 e. The minimum Gasteiger partial charge on any atom is -0.497 e. The van der Waals surface area contributed by atoms with Gasteiger partial charge in [-0.2, -0.15) is 0 Å². The van der Waals surface area contributed by atoms with E-state index in [0.29, 0.717) is 11.5 Å². The molecule has 142 valence electrons. The number of nitrogens with zero attached hydrogens (tertiary/aromatic N) is 1. The lowest BCUT2D eigenvalue weighted by molar-refractivity contribution is -0.131. The molecule has 1 N–H and O–H groups in total. The number of carbonyl (C=O) groups excluding carboxylic acids is 1. The molecule has 6 heteroatoms. The quantitative estimate of drug-likeness (QED) is 0.626. The summed E-state index contributed by atoms with van der Waals surface area (Å²) in [7, 11) is 1.64. The number of rotatable bonds is 6. The number of hydrazine groups is 1. The number of ether oxygens (including phenoxy) is 1. The average molecular weight is 392 g/mol. The molecule has 0 aliphatic carbocycles. The summed E-state index contributed by atoms with van der Waals surface area (Å²) in [5.41, 5.74) is 5.09. The van der Waals surface area contributed by atoms with Gasteiger partial charge in [-0.3, -0.25) is 10.2 Å². The van der Waals surface area contributed by atoms with Crippen LogP contribution in [0.5, 0.6) is 5.75 Å². The first-order valence-electron chi connectivity index (χ1n) is 8.91. The Morgan fingerprint density at radius 2 is 1.89 bits per heavy atom. The van der Waals surface area contributed by atoms with Gasteiger partial charge in [-0.25, -0.2) is 5.01 Å². The van der Waals surface area contributed by atoms with Crippen LogP contribution in [-0.4, -0.2) is 23.8 Å². The molecule has 1 aliphatic heterocycles. The lowest BCUT2D eigenvalue weighted by atomic mass is 10.1. The molecule has 1 aliphatic rings. The summed E-state index contributed by atoms with van der Waals surface area (Å²) < 4.78 is 10.8. The van der Waals surface area contributed by atoms with Crippen LogP contribution in [-0.2, 0) is 4.79 Å². The summed E-state index contributed by atoms with van der Waals surface area (Å²) in [5, 5.41) is 1.63. The fraction of sp³-hybridized carbons (Fsp3) is 0.136. The minimum absolute atomic E-state index is 0.0185. The number of nitrogens with one attached hydrogen (secondary N) is 1. The van der Waals surface area contributed by atoms with Crippen LogP contribution in [0.1, 0.15) is 17.4 Å². The fourth-order valence-corrected chi connectivity index (χ4v) is 3.80. The van der Waals surface area contributed by atoms with Gasteiger partial charge >= 0.3 is 0 Å². The molecule has 3 aromatic rings. The molecule has 0 fully saturated rings. The third-order valence-electron chi connectivity index (χ3n) is 4.45. The van der Waals surface area contributed by atoms with Gasteiger partial charge in [-0.15, -0.1) is 11.8 Å². The van der Waals surface area contributed by atoms with Gasteiger partial charge in [0.1, 0.15) is 17.6 Å². The van der Waals surface area contributed by atoms with Crippen LogP contribution in [0.2, 0.25) is 0 Å². The first-order valence-corrected chi connectivity index (χ1v) is 9.89.